The van der Waals surface area contributed by atoms with Crippen molar-refractivity contribution in [1.29, 1.82) is 0 Å². The minimum absolute atomic E-state index is 0.117. The number of hydrogen-bond donors (Lipinski definition) is 3. The lowest BCUT2D eigenvalue weighted by atomic mass is 10.2. The van der Waals surface area contributed by atoms with E-state index in [9.17, 15) is 9.59 Å². The van der Waals surface area contributed by atoms with E-state index in [0.29, 0.717) is 0 Å². The normalized spacial score (nSPS) is 13.1. The van der Waals surface area contributed by atoms with Gasteiger partial charge in [-0.15, -0.1) is 0 Å². The van der Waals surface area contributed by atoms with E-state index in [1.807, 2.05) is 0 Å². The molecule has 0 spiro atoms. The first-order chi connectivity index (χ1) is 5.54. The molecule has 0 saturated carbocycles. The van der Waals surface area contributed by atoms with Crippen molar-refractivity contribution in [3.8, 4) is 0 Å². The number of amides is 1. The lowest BCUT2D eigenvalue weighted by molar-refractivity contribution is -0.138. The summed E-state index contributed by atoms with van der Waals surface area (Å²) in [5.41, 5.74) is 10.00. The van der Waals surface area contributed by atoms with Crippen LogP contribution in [0, 0.1) is 0 Å². The van der Waals surface area contributed by atoms with Crippen LogP contribution in [-0.4, -0.2) is 23.0 Å². The SMILES string of the molecule is NC(=O)C/C=C/C[C@H](N)C(=O)O. The number of carboxylic acids is 1. The van der Waals surface area contributed by atoms with E-state index in [-0.39, 0.29) is 12.8 Å². The Bertz CT molecular complexity index is 201. The second-order valence-corrected chi connectivity index (χ2v) is 2.32. The van der Waals surface area contributed by atoms with Gasteiger partial charge in [0.25, 0.3) is 0 Å². The van der Waals surface area contributed by atoms with Gasteiger partial charge in [0.2, 0.25) is 5.91 Å². The van der Waals surface area contributed by atoms with Gasteiger partial charge in [0.1, 0.15) is 6.04 Å². The van der Waals surface area contributed by atoms with E-state index in [2.05, 4.69) is 0 Å². The summed E-state index contributed by atoms with van der Waals surface area (Å²) in [7, 11) is 0. The highest BCUT2D eigenvalue weighted by Crippen LogP contribution is 1.91. The van der Waals surface area contributed by atoms with Gasteiger partial charge in [-0.25, -0.2) is 0 Å². The first-order valence-corrected chi connectivity index (χ1v) is 3.45. The van der Waals surface area contributed by atoms with Gasteiger partial charge in [0.05, 0.1) is 0 Å². The highest BCUT2D eigenvalue weighted by atomic mass is 16.4. The molecule has 68 valence electrons. The third kappa shape index (κ3) is 5.43. The maximum Gasteiger partial charge on any atom is 0.320 e. The monoisotopic (exact) mass is 172 g/mol. The van der Waals surface area contributed by atoms with Gasteiger partial charge in [0.15, 0.2) is 0 Å². The fourth-order valence-electron chi connectivity index (χ4n) is 0.543. The number of carbonyl (C=O) groups excluding carboxylic acids is 1. The second kappa shape index (κ2) is 5.31. The van der Waals surface area contributed by atoms with Crippen LogP contribution in [0.1, 0.15) is 12.8 Å². The summed E-state index contributed by atoms with van der Waals surface area (Å²) in [6, 6.07) is -0.908. The van der Waals surface area contributed by atoms with E-state index in [1.54, 1.807) is 0 Å². The average molecular weight is 172 g/mol. The summed E-state index contributed by atoms with van der Waals surface area (Å²) in [6.45, 7) is 0. The predicted octanol–water partition coefficient (Wildman–Crippen LogP) is -0.780. The van der Waals surface area contributed by atoms with Crippen LogP contribution in [0.4, 0.5) is 0 Å². The van der Waals surface area contributed by atoms with Crippen molar-refractivity contribution >= 4 is 11.9 Å². The Labute approximate surface area is 70.0 Å². The number of carbonyl (C=O) groups is 2. The van der Waals surface area contributed by atoms with E-state index in [1.165, 1.54) is 12.2 Å². The molecule has 0 fully saturated rings. The van der Waals surface area contributed by atoms with Crippen molar-refractivity contribution in [2.24, 2.45) is 11.5 Å². The molecule has 12 heavy (non-hydrogen) atoms. The Morgan fingerprint density at radius 1 is 1.42 bits per heavy atom. The molecule has 0 aromatic rings. The molecule has 0 unspecified atom stereocenters. The van der Waals surface area contributed by atoms with Gasteiger partial charge in [0, 0.05) is 6.42 Å². The van der Waals surface area contributed by atoms with Crippen LogP contribution in [0.25, 0.3) is 0 Å². The van der Waals surface area contributed by atoms with Crippen molar-refractivity contribution in [1.82, 2.24) is 0 Å². The fourth-order valence-corrected chi connectivity index (χ4v) is 0.543. The molecule has 0 radical (unpaired) electrons. The Morgan fingerprint density at radius 2 is 2.00 bits per heavy atom. The van der Waals surface area contributed by atoms with E-state index < -0.39 is 17.9 Å². The lowest BCUT2D eigenvalue weighted by Crippen LogP contribution is -2.29. The highest BCUT2D eigenvalue weighted by molar-refractivity contribution is 5.75. The van der Waals surface area contributed by atoms with Gasteiger partial charge >= 0.3 is 5.97 Å². The van der Waals surface area contributed by atoms with Crippen molar-refractivity contribution in [3.63, 3.8) is 0 Å². The lowest BCUT2D eigenvalue weighted by Gasteiger charge is -1.99. The van der Waals surface area contributed by atoms with Crippen LogP contribution >= 0.6 is 0 Å². The highest BCUT2D eigenvalue weighted by Gasteiger charge is 2.07. The topological polar surface area (TPSA) is 106 Å². The zero-order valence-electron chi connectivity index (χ0n) is 6.56. The van der Waals surface area contributed by atoms with Crippen molar-refractivity contribution in [3.05, 3.63) is 12.2 Å². The summed E-state index contributed by atoms with van der Waals surface area (Å²) in [6.07, 6.45) is 3.36. The summed E-state index contributed by atoms with van der Waals surface area (Å²) < 4.78 is 0. The number of carboxylic acid groups (broad SMARTS) is 1. The van der Waals surface area contributed by atoms with Gasteiger partial charge in [-0.2, -0.15) is 0 Å². The fraction of sp³-hybridized carbons (Fsp3) is 0.429. The summed E-state index contributed by atoms with van der Waals surface area (Å²) >= 11 is 0. The molecular weight excluding hydrogens is 160 g/mol. The third-order valence-corrected chi connectivity index (χ3v) is 1.19. The van der Waals surface area contributed by atoms with Crippen molar-refractivity contribution < 1.29 is 14.7 Å². The van der Waals surface area contributed by atoms with Crippen LogP contribution in [0.3, 0.4) is 0 Å². The van der Waals surface area contributed by atoms with Gasteiger partial charge in [-0.1, -0.05) is 12.2 Å². The molecule has 1 atom stereocenters. The van der Waals surface area contributed by atoms with E-state index in [4.69, 9.17) is 16.6 Å². The largest absolute Gasteiger partial charge is 0.480 e. The van der Waals surface area contributed by atoms with E-state index >= 15 is 0 Å². The maximum atomic E-state index is 10.2. The minimum Gasteiger partial charge on any atom is -0.480 e. The molecule has 0 aromatic carbocycles. The first kappa shape index (κ1) is 10.6. The molecule has 0 rings (SSSR count). The number of nitrogens with two attached hydrogens (primary N) is 2. The number of primary amides is 1. The van der Waals surface area contributed by atoms with Gasteiger partial charge < -0.3 is 16.6 Å². The Morgan fingerprint density at radius 3 is 2.42 bits per heavy atom. The molecule has 0 aromatic heterocycles. The molecule has 0 heterocycles. The molecule has 5 heteroatoms. The summed E-state index contributed by atoms with van der Waals surface area (Å²) in [4.78, 5) is 20.4. The molecule has 5 nitrogen and oxygen atoms in total. The van der Waals surface area contributed by atoms with Gasteiger partial charge in [-0.05, 0) is 6.42 Å². The van der Waals surface area contributed by atoms with Crippen LogP contribution in [0.15, 0.2) is 12.2 Å². The zero-order chi connectivity index (χ0) is 9.56. The van der Waals surface area contributed by atoms with Crippen LogP contribution in [0.2, 0.25) is 0 Å². The molecule has 5 N–H and O–H groups in total. The summed E-state index contributed by atoms with van der Waals surface area (Å²) in [5, 5.41) is 8.34. The Hall–Kier alpha value is -1.36. The third-order valence-electron chi connectivity index (χ3n) is 1.19. The molecule has 0 saturated heterocycles. The number of aliphatic carboxylic acids is 1. The number of rotatable bonds is 5. The summed E-state index contributed by atoms with van der Waals surface area (Å²) in [5.74, 6) is -1.51. The van der Waals surface area contributed by atoms with Crippen molar-refractivity contribution in [2.45, 2.75) is 18.9 Å². The Kier molecular flexibility index (Phi) is 4.71. The van der Waals surface area contributed by atoms with Crippen LogP contribution < -0.4 is 11.5 Å². The molecule has 1 amide bonds. The number of hydrogen-bond acceptors (Lipinski definition) is 3. The molecule has 0 aliphatic carbocycles. The van der Waals surface area contributed by atoms with Crippen molar-refractivity contribution in [2.75, 3.05) is 0 Å². The van der Waals surface area contributed by atoms with Crippen LogP contribution in [0.5, 0.6) is 0 Å². The van der Waals surface area contributed by atoms with E-state index in [0.717, 1.165) is 0 Å². The standard InChI is InChI=1S/C7H12N2O3/c8-5(7(11)12)3-1-2-4-6(9)10/h1-2,5H,3-4,8H2,(H2,9,10)(H,11,12)/b2-1+/t5-/m0/s1. The molecule has 0 bridgehead atoms. The molecular formula is C7H12N2O3. The minimum atomic E-state index is -1.06. The Balaban J connectivity index is 3.60. The first-order valence-electron chi connectivity index (χ1n) is 3.45. The second-order valence-electron chi connectivity index (χ2n) is 2.32. The maximum absolute atomic E-state index is 10.2. The van der Waals surface area contributed by atoms with Crippen LogP contribution in [-0.2, 0) is 9.59 Å². The predicted molar refractivity (Wildman–Crippen MR) is 43.2 cm³/mol. The molecule has 0 aliphatic rings. The quantitative estimate of drug-likeness (QED) is 0.473. The zero-order valence-corrected chi connectivity index (χ0v) is 6.56. The van der Waals surface area contributed by atoms with Gasteiger partial charge in [-0.3, -0.25) is 9.59 Å². The molecule has 0 aliphatic heterocycles. The smallest absolute Gasteiger partial charge is 0.320 e. The average Bonchev–Trinajstić information content (AvgIpc) is 1.97.